The van der Waals surface area contributed by atoms with Gasteiger partial charge in [-0.1, -0.05) is 6.58 Å². The maximum Gasteiger partial charge on any atom is 0.370 e. The van der Waals surface area contributed by atoms with Gasteiger partial charge in [-0.25, -0.2) is 9.59 Å². The summed E-state index contributed by atoms with van der Waals surface area (Å²) in [6.07, 6.45) is -1.75. The lowest BCUT2D eigenvalue weighted by molar-refractivity contribution is -0.168. The zero-order valence-corrected chi connectivity index (χ0v) is 8.00. The van der Waals surface area contributed by atoms with E-state index in [0.29, 0.717) is 0 Å². The van der Waals surface area contributed by atoms with Crippen molar-refractivity contribution in [1.29, 1.82) is 10.5 Å². The predicted octanol–water partition coefficient (Wildman–Crippen LogP) is -0.409. The molecule has 0 heterocycles. The van der Waals surface area contributed by atoms with Crippen molar-refractivity contribution in [3.63, 3.8) is 0 Å². The van der Waals surface area contributed by atoms with Crippen LogP contribution in [0, 0.1) is 22.7 Å². The maximum absolute atomic E-state index is 11.0. The second kappa shape index (κ2) is 6.74. The van der Waals surface area contributed by atoms with Gasteiger partial charge in [-0.3, -0.25) is 4.79 Å². The van der Waals surface area contributed by atoms with Gasteiger partial charge in [0.15, 0.2) is 0 Å². The monoisotopic (exact) mass is 222 g/mol. The Balaban J connectivity index is 4.40. The molecule has 0 aromatic carbocycles. The number of esters is 3. The quantitative estimate of drug-likeness (QED) is 0.360. The number of rotatable bonds is 4. The topological polar surface area (TPSA) is 117 Å². The number of ether oxygens (including phenoxy) is 2. The van der Waals surface area contributed by atoms with Crippen molar-refractivity contribution < 1.29 is 23.9 Å². The Morgan fingerprint density at radius 2 is 2.00 bits per heavy atom. The van der Waals surface area contributed by atoms with E-state index in [9.17, 15) is 14.4 Å². The van der Waals surface area contributed by atoms with E-state index in [1.54, 1.807) is 0 Å². The van der Waals surface area contributed by atoms with Gasteiger partial charge in [0.1, 0.15) is 12.5 Å². The fourth-order valence-electron chi connectivity index (χ4n) is 0.558. The fourth-order valence-corrected chi connectivity index (χ4v) is 0.558. The highest BCUT2D eigenvalue weighted by atomic mass is 16.6. The lowest BCUT2D eigenvalue weighted by Crippen LogP contribution is -2.29. The van der Waals surface area contributed by atoms with Crippen LogP contribution in [0.5, 0.6) is 0 Å². The Labute approximate surface area is 90.5 Å². The standard InChI is InChI=1S/C9H6N2O5/c1-2-7(12)15-6(5-11)9(14)16-8(13)3-4-10/h2,6H,1,3H2. The van der Waals surface area contributed by atoms with Gasteiger partial charge in [-0.05, 0) is 0 Å². The van der Waals surface area contributed by atoms with Crippen molar-refractivity contribution in [2.24, 2.45) is 0 Å². The number of carbonyl (C=O) groups is 3. The van der Waals surface area contributed by atoms with Gasteiger partial charge < -0.3 is 9.47 Å². The van der Waals surface area contributed by atoms with E-state index in [-0.39, 0.29) is 0 Å². The largest absolute Gasteiger partial charge is 0.431 e. The molecule has 0 fully saturated rings. The maximum atomic E-state index is 11.0. The van der Waals surface area contributed by atoms with Crippen molar-refractivity contribution in [2.75, 3.05) is 0 Å². The molecule has 0 aromatic rings. The molecular formula is C9H6N2O5. The molecule has 7 heteroatoms. The van der Waals surface area contributed by atoms with Gasteiger partial charge in [0.05, 0.1) is 6.07 Å². The Bertz CT molecular complexity index is 401. The van der Waals surface area contributed by atoms with Crippen LogP contribution in [0.25, 0.3) is 0 Å². The van der Waals surface area contributed by atoms with E-state index in [2.05, 4.69) is 16.1 Å². The van der Waals surface area contributed by atoms with Crippen molar-refractivity contribution >= 4 is 17.9 Å². The molecule has 0 aliphatic carbocycles. The van der Waals surface area contributed by atoms with Crippen LogP contribution in [0.2, 0.25) is 0 Å². The van der Waals surface area contributed by atoms with Crippen molar-refractivity contribution in [2.45, 2.75) is 12.5 Å². The summed E-state index contributed by atoms with van der Waals surface area (Å²) in [7, 11) is 0. The molecule has 7 nitrogen and oxygen atoms in total. The lowest BCUT2D eigenvalue weighted by Gasteiger charge is -2.06. The number of hydrogen-bond acceptors (Lipinski definition) is 7. The fraction of sp³-hybridized carbons (Fsp3) is 0.222. The van der Waals surface area contributed by atoms with Gasteiger partial charge in [0.25, 0.3) is 6.10 Å². The third-order valence-corrected chi connectivity index (χ3v) is 1.17. The van der Waals surface area contributed by atoms with Crippen LogP contribution >= 0.6 is 0 Å². The first-order valence-electron chi connectivity index (χ1n) is 3.89. The Kier molecular flexibility index (Phi) is 5.61. The molecule has 0 saturated carbocycles. The summed E-state index contributed by atoms with van der Waals surface area (Å²) >= 11 is 0. The average molecular weight is 222 g/mol. The highest BCUT2D eigenvalue weighted by Crippen LogP contribution is 1.97. The number of nitrogens with zero attached hydrogens (tertiary/aromatic N) is 2. The third-order valence-electron chi connectivity index (χ3n) is 1.17. The molecule has 0 saturated heterocycles. The summed E-state index contributed by atoms with van der Waals surface area (Å²) < 4.78 is 8.32. The van der Waals surface area contributed by atoms with Crippen LogP contribution in [0.1, 0.15) is 6.42 Å². The first kappa shape index (κ1) is 13.3. The van der Waals surface area contributed by atoms with Crippen LogP contribution in [0.3, 0.4) is 0 Å². The van der Waals surface area contributed by atoms with Crippen LogP contribution in [0.4, 0.5) is 0 Å². The van der Waals surface area contributed by atoms with Crippen LogP contribution in [-0.4, -0.2) is 24.0 Å². The van der Waals surface area contributed by atoms with E-state index in [0.717, 1.165) is 6.08 Å². The smallest absolute Gasteiger partial charge is 0.370 e. The molecule has 0 spiro atoms. The van der Waals surface area contributed by atoms with E-state index >= 15 is 0 Å². The summed E-state index contributed by atoms with van der Waals surface area (Å²) in [4.78, 5) is 32.4. The molecule has 16 heavy (non-hydrogen) atoms. The predicted molar refractivity (Wildman–Crippen MR) is 47.0 cm³/mol. The first-order valence-corrected chi connectivity index (χ1v) is 3.89. The van der Waals surface area contributed by atoms with E-state index in [4.69, 9.17) is 10.5 Å². The van der Waals surface area contributed by atoms with Crippen molar-refractivity contribution in [3.05, 3.63) is 12.7 Å². The molecule has 0 N–H and O–H groups in total. The summed E-state index contributed by atoms with van der Waals surface area (Å²) in [5.74, 6) is -3.48. The summed E-state index contributed by atoms with van der Waals surface area (Å²) in [6.45, 7) is 3.05. The van der Waals surface area contributed by atoms with E-state index in [1.165, 1.54) is 12.1 Å². The minimum Gasteiger partial charge on any atom is -0.431 e. The average Bonchev–Trinajstić information content (AvgIpc) is 2.25. The van der Waals surface area contributed by atoms with E-state index < -0.39 is 30.4 Å². The Hall–Kier alpha value is -2.67. The highest BCUT2D eigenvalue weighted by molar-refractivity contribution is 5.92. The molecule has 0 amide bonds. The Morgan fingerprint density at radius 3 is 2.44 bits per heavy atom. The number of nitriles is 2. The minimum atomic E-state index is -1.85. The zero-order valence-electron chi connectivity index (χ0n) is 8.00. The second-order valence-corrected chi connectivity index (χ2v) is 2.28. The lowest BCUT2D eigenvalue weighted by atomic mass is 10.4. The molecule has 82 valence electrons. The first-order chi connectivity index (χ1) is 7.54. The molecule has 0 bridgehead atoms. The zero-order chi connectivity index (χ0) is 12.6. The summed E-state index contributed by atoms with van der Waals surface area (Å²) in [5, 5.41) is 16.5. The molecule has 0 radical (unpaired) electrons. The van der Waals surface area contributed by atoms with Gasteiger partial charge in [-0.2, -0.15) is 10.5 Å². The molecule has 1 unspecified atom stereocenters. The molecule has 0 aromatic heterocycles. The van der Waals surface area contributed by atoms with E-state index in [1.807, 2.05) is 0 Å². The number of hydrogen-bond donors (Lipinski definition) is 0. The van der Waals surface area contributed by atoms with Crippen molar-refractivity contribution in [1.82, 2.24) is 0 Å². The minimum absolute atomic E-state index is 0.640. The van der Waals surface area contributed by atoms with Crippen molar-refractivity contribution in [3.8, 4) is 12.1 Å². The molecule has 0 rings (SSSR count). The van der Waals surface area contributed by atoms with Gasteiger partial charge >= 0.3 is 17.9 Å². The van der Waals surface area contributed by atoms with Crippen LogP contribution < -0.4 is 0 Å². The molecule has 1 atom stereocenters. The molecular weight excluding hydrogens is 216 g/mol. The van der Waals surface area contributed by atoms with Gasteiger partial charge in [-0.15, -0.1) is 0 Å². The highest BCUT2D eigenvalue weighted by Gasteiger charge is 2.25. The van der Waals surface area contributed by atoms with Gasteiger partial charge in [0, 0.05) is 6.08 Å². The molecule has 0 aliphatic rings. The summed E-state index contributed by atoms with van der Waals surface area (Å²) in [5.41, 5.74) is 0. The second-order valence-electron chi connectivity index (χ2n) is 2.28. The van der Waals surface area contributed by atoms with Crippen LogP contribution in [-0.2, 0) is 23.9 Å². The Morgan fingerprint density at radius 1 is 1.38 bits per heavy atom. The molecule has 0 aliphatic heterocycles. The summed E-state index contributed by atoms with van der Waals surface area (Å²) in [6, 6.07) is 2.76. The van der Waals surface area contributed by atoms with Crippen LogP contribution in [0.15, 0.2) is 12.7 Å². The normalized spacial score (nSPS) is 10.1. The SMILES string of the molecule is C=CC(=O)OC(C#N)C(=O)OC(=O)CC#N. The third kappa shape index (κ3) is 4.53. The number of carbonyl (C=O) groups excluding carboxylic acids is 3. The van der Waals surface area contributed by atoms with Gasteiger partial charge in [0.2, 0.25) is 0 Å².